The molecule has 1 aliphatic rings. The number of rotatable bonds is 4. The van der Waals surface area contributed by atoms with Crippen molar-refractivity contribution in [3.8, 4) is 0 Å². The maximum atomic E-state index is 11.0. The maximum absolute atomic E-state index is 11.0. The molecule has 0 saturated heterocycles. The molecule has 1 aliphatic heterocycles. The minimum Gasteiger partial charge on any atom is -0.352 e. The Bertz CT molecular complexity index is 713. The van der Waals surface area contributed by atoms with Crippen molar-refractivity contribution in [2.24, 2.45) is 0 Å². The molecule has 5 heteroatoms. The first-order valence-electron chi connectivity index (χ1n) is 7.16. The zero-order chi connectivity index (χ0) is 15.4. The quantitative estimate of drug-likeness (QED) is 0.515. The fourth-order valence-corrected chi connectivity index (χ4v) is 2.65. The van der Waals surface area contributed by atoms with Crippen LogP contribution in [0.1, 0.15) is 16.7 Å². The number of pyridine rings is 1. The fourth-order valence-electron chi connectivity index (χ4n) is 2.65. The highest BCUT2D eigenvalue weighted by Crippen LogP contribution is 2.26. The molecule has 0 radical (unpaired) electrons. The lowest BCUT2D eigenvalue weighted by molar-refractivity contribution is -0.124. The molecule has 0 saturated carbocycles. The number of hydrogen-bond donors (Lipinski definition) is 2. The number of carbonyl (C=O) groups is 1. The van der Waals surface area contributed by atoms with E-state index < -0.39 is 5.91 Å². The van der Waals surface area contributed by atoms with Crippen molar-refractivity contribution in [1.82, 2.24) is 10.5 Å². The van der Waals surface area contributed by atoms with Crippen LogP contribution in [0.15, 0.2) is 48.7 Å². The van der Waals surface area contributed by atoms with Crippen molar-refractivity contribution < 1.29 is 10.0 Å². The zero-order valence-electron chi connectivity index (χ0n) is 12.1. The second-order valence-corrected chi connectivity index (χ2v) is 5.21. The molecule has 3 rings (SSSR count). The van der Waals surface area contributed by atoms with Crippen LogP contribution in [-0.4, -0.2) is 22.6 Å². The molecule has 2 N–H and O–H groups in total. The van der Waals surface area contributed by atoms with E-state index in [0.717, 1.165) is 36.5 Å². The molecule has 22 heavy (non-hydrogen) atoms. The van der Waals surface area contributed by atoms with Crippen LogP contribution in [0.4, 0.5) is 5.82 Å². The lowest BCUT2D eigenvalue weighted by Gasteiger charge is -2.18. The first-order chi connectivity index (χ1) is 10.8. The first-order valence-corrected chi connectivity index (χ1v) is 7.16. The highest BCUT2D eigenvalue weighted by Gasteiger charge is 2.19. The average molecular weight is 295 g/mol. The Balaban J connectivity index is 1.74. The molecule has 5 nitrogen and oxygen atoms in total. The van der Waals surface area contributed by atoms with E-state index >= 15 is 0 Å². The highest BCUT2D eigenvalue weighted by molar-refractivity contribution is 5.90. The number of hydroxylamine groups is 1. The van der Waals surface area contributed by atoms with E-state index in [0.29, 0.717) is 0 Å². The summed E-state index contributed by atoms with van der Waals surface area (Å²) >= 11 is 0. The van der Waals surface area contributed by atoms with Crippen LogP contribution in [0, 0.1) is 0 Å². The molecule has 1 aromatic carbocycles. The van der Waals surface area contributed by atoms with Gasteiger partial charge in [0, 0.05) is 25.4 Å². The molecule has 112 valence electrons. The van der Waals surface area contributed by atoms with E-state index in [2.05, 4.69) is 22.0 Å². The number of fused-ring (bicyclic) bond motifs is 1. The number of aromatic nitrogens is 1. The SMILES string of the molecule is O=C(/C=C/c1cccc(CN2CCc3cccnc32)c1)NO. The summed E-state index contributed by atoms with van der Waals surface area (Å²) in [5, 5.41) is 8.49. The van der Waals surface area contributed by atoms with Crippen LogP contribution >= 0.6 is 0 Å². The van der Waals surface area contributed by atoms with Gasteiger partial charge in [-0.15, -0.1) is 0 Å². The molecule has 0 spiro atoms. The van der Waals surface area contributed by atoms with Crippen LogP contribution in [-0.2, 0) is 17.8 Å². The van der Waals surface area contributed by atoms with E-state index in [4.69, 9.17) is 5.21 Å². The van der Waals surface area contributed by atoms with Crippen molar-refractivity contribution in [2.45, 2.75) is 13.0 Å². The molecule has 0 bridgehead atoms. The summed E-state index contributed by atoms with van der Waals surface area (Å²) in [4.78, 5) is 17.7. The molecule has 0 unspecified atom stereocenters. The average Bonchev–Trinajstić information content (AvgIpc) is 2.96. The largest absolute Gasteiger partial charge is 0.352 e. The van der Waals surface area contributed by atoms with Gasteiger partial charge in [0.05, 0.1) is 0 Å². The third-order valence-corrected chi connectivity index (χ3v) is 3.68. The Morgan fingerprint density at radius 1 is 1.36 bits per heavy atom. The van der Waals surface area contributed by atoms with Gasteiger partial charge >= 0.3 is 0 Å². The Hall–Kier alpha value is -2.66. The molecule has 2 aromatic rings. The van der Waals surface area contributed by atoms with Crippen molar-refractivity contribution >= 4 is 17.8 Å². The third-order valence-electron chi connectivity index (χ3n) is 3.68. The summed E-state index contributed by atoms with van der Waals surface area (Å²) in [6, 6.07) is 12.1. The Kier molecular flexibility index (Phi) is 4.16. The van der Waals surface area contributed by atoms with E-state index in [9.17, 15) is 4.79 Å². The van der Waals surface area contributed by atoms with Gasteiger partial charge in [-0.1, -0.05) is 24.3 Å². The molecular weight excluding hydrogens is 278 g/mol. The standard InChI is InChI=1S/C17H17N3O2/c21-16(19-22)7-6-13-3-1-4-14(11-13)12-20-10-8-15-5-2-9-18-17(15)20/h1-7,9,11,22H,8,10,12H2,(H,19,21)/b7-6+. The second kappa shape index (κ2) is 6.41. The van der Waals surface area contributed by atoms with Crippen molar-refractivity contribution in [2.75, 3.05) is 11.4 Å². The van der Waals surface area contributed by atoms with Crippen molar-refractivity contribution in [1.29, 1.82) is 0 Å². The van der Waals surface area contributed by atoms with Crippen LogP contribution in [0.3, 0.4) is 0 Å². The van der Waals surface area contributed by atoms with E-state index in [1.165, 1.54) is 11.6 Å². The van der Waals surface area contributed by atoms with Gasteiger partial charge in [-0.25, -0.2) is 10.5 Å². The molecular formula is C17H17N3O2. The predicted octanol–water partition coefficient (Wildman–Crippen LogP) is 2.16. The Labute approximate surface area is 128 Å². The smallest absolute Gasteiger partial charge is 0.267 e. The minimum absolute atomic E-state index is 0.539. The lowest BCUT2D eigenvalue weighted by Crippen LogP contribution is -2.20. The number of amides is 1. The fraction of sp³-hybridized carbons (Fsp3) is 0.176. The minimum atomic E-state index is -0.539. The topological polar surface area (TPSA) is 65.5 Å². The highest BCUT2D eigenvalue weighted by atomic mass is 16.5. The number of hydrogen-bond acceptors (Lipinski definition) is 4. The number of benzene rings is 1. The van der Waals surface area contributed by atoms with Gasteiger partial charge in [-0.05, 0) is 41.3 Å². The summed E-state index contributed by atoms with van der Waals surface area (Å²) in [6.45, 7) is 1.76. The summed E-state index contributed by atoms with van der Waals surface area (Å²) in [5.41, 5.74) is 4.94. The third kappa shape index (κ3) is 3.15. The maximum Gasteiger partial charge on any atom is 0.267 e. The van der Waals surface area contributed by atoms with Crippen LogP contribution < -0.4 is 10.4 Å². The summed E-state index contributed by atoms with van der Waals surface area (Å²) < 4.78 is 0. The number of carbonyl (C=O) groups excluding carboxylic acids is 1. The van der Waals surface area contributed by atoms with Gasteiger partial charge < -0.3 is 4.90 Å². The zero-order valence-corrected chi connectivity index (χ0v) is 12.1. The monoisotopic (exact) mass is 295 g/mol. The van der Waals surface area contributed by atoms with Crippen molar-refractivity contribution in [3.63, 3.8) is 0 Å². The van der Waals surface area contributed by atoms with Crippen LogP contribution in [0.5, 0.6) is 0 Å². The molecule has 1 aromatic heterocycles. The Morgan fingerprint density at radius 2 is 2.27 bits per heavy atom. The second-order valence-electron chi connectivity index (χ2n) is 5.21. The number of anilines is 1. The lowest BCUT2D eigenvalue weighted by atomic mass is 10.1. The van der Waals surface area contributed by atoms with Gasteiger partial charge in [0.1, 0.15) is 5.82 Å². The van der Waals surface area contributed by atoms with Crippen LogP contribution in [0.25, 0.3) is 6.08 Å². The van der Waals surface area contributed by atoms with Crippen molar-refractivity contribution in [3.05, 3.63) is 65.4 Å². The van der Waals surface area contributed by atoms with Gasteiger partial charge in [-0.3, -0.25) is 10.0 Å². The molecule has 0 atom stereocenters. The van der Waals surface area contributed by atoms with Gasteiger partial charge in [0.25, 0.3) is 5.91 Å². The Morgan fingerprint density at radius 3 is 3.14 bits per heavy atom. The first kappa shape index (κ1) is 14.3. The molecule has 2 heterocycles. The predicted molar refractivity (Wildman–Crippen MR) is 84.4 cm³/mol. The number of nitrogens with zero attached hydrogens (tertiary/aromatic N) is 2. The summed E-state index contributed by atoms with van der Waals surface area (Å²) in [7, 11) is 0. The van der Waals surface area contributed by atoms with Gasteiger partial charge in [0.15, 0.2) is 0 Å². The van der Waals surface area contributed by atoms with E-state index in [1.54, 1.807) is 11.6 Å². The van der Waals surface area contributed by atoms with E-state index in [1.807, 2.05) is 30.5 Å². The normalized spacial score (nSPS) is 13.4. The molecule has 1 amide bonds. The summed E-state index contributed by atoms with van der Waals surface area (Å²) in [6.07, 6.45) is 5.82. The van der Waals surface area contributed by atoms with E-state index in [-0.39, 0.29) is 0 Å². The van der Waals surface area contributed by atoms with Crippen LogP contribution in [0.2, 0.25) is 0 Å². The van der Waals surface area contributed by atoms with Gasteiger partial charge in [0.2, 0.25) is 0 Å². The molecule has 0 aliphatic carbocycles. The molecule has 0 fully saturated rings. The van der Waals surface area contributed by atoms with Gasteiger partial charge in [-0.2, -0.15) is 0 Å². The number of nitrogens with one attached hydrogen (secondary N) is 1. The summed E-state index contributed by atoms with van der Waals surface area (Å²) in [5.74, 6) is 0.520.